The summed E-state index contributed by atoms with van der Waals surface area (Å²) in [6.45, 7) is 6.99. The van der Waals surface area contributed by atoms with Crippen LogP contribution in [0.5, 0.6) is 0 Å². The zero-order valence-corrected chi connectivity index (χ0v) is 9.82. The number of rotatable bonds is 4. The quantitative estimate of drug-likeness (QED) is 0.415. The third-order valence-electron chi connectivity index (χ3n) is 2.92. The summed E-state index contributed by atoms with van der Waals surface area (Å²) in [7, 11) is 0. The lowest BCUT2D eigenvalue weighted by Gasteiger charge is -2.02. The number of allylic oxidation sites excluding steroid dienone is 1. The maximum atomic E-state index is 3.75. The molecule has 0 amide bonds. The molecule has 0 saturated heterocycles. The summed E-state index contributed by atoms with van der Waals surface area (Å²) in [6, 6.07) is 10.8. The third-order valence-corrected chi connectivity index (χ3v) is 2.92. The van der Waals surface area contributed by atoms with Crippen LogP contribution in [0.2, 0.25) is 0 Å². The molecule has 1 aromatic heterocycles. The molecule has 2 aromatic rings. The van der Waals surface area contributed by atoms with Crippen LogP contribution in [0, 0.1) is 6.92 Å². The van der Waals surface area contributed by atoms with Crippen LogP contribution >= 0.6 is 0 Å². The summed E-state index contributed by atoms with van der Waals surface area (Å²) in [5.74, 6) is 0. The lowest BCUT2D eigenvalue weighted by molar-refractivity contribution is -0.701. The lowest BCUT2D eigenvalue weighted by Crippen LogP contribution is -2.36. The maximum Gasteiger partial charge on any atom is 0.178 e. The molecule has 0 saturated carbocycles. The average molecular weight is 212 g/mol. The highest BCUT2D eigenvalue weighted by Gasteiger charge is 2.07. The Hall–Kier alpha value is -1.63. The van der Waals surface area contributed by atoms with Gasteiger partial charge in [0, 0.05) is 24.8 Å². The molecule has 0 radical (unpaired) electrons. The van der Waals surface area contributed by atoms with Crippen molar-refractivity contribution in [3.05, 3.63) is 54.9 Å². The molecule has 82 valence electrons. The standard InChI is InChI=1S/C15H18N/c1-3-4-7-10-16-12-15-9-6-5-8-14(15)11-13(16)2/h3,5-6,8-9,11-12H,1,4,7,10H2,2H3/q+1. The van der Waals surface area contributed by atoms with E-state index in [0.29, 0.717) is 0 Å². The molecule has 0 bridgehead atoms. The fraction of sp³-hybridized carbons (Fsp3) is 0.267. The molecule has 0 aliphatic carbocycles. The van der Waals surface area contributed by atoms with Crippen LogP contribution in [0.25, 0.3) is 10.8 Å². The summed E-state index contributed by atoms with van der Waals surface area (Å²) >= 11 is 0. The van der Waals surface area contributed by atoms with Gasteiger partial charge in [-0.3, -0.25) is 0 Å². The average Bonchev–Trinajstić information content (AvgIpc) is 2.30. The van der Waals surface area contributed by atoms with Crippen molar-refractivity contribution in [3.63, 3.8) is 0 Å². The van der Waals surface area contributed by atoms with E-state index in [-0.39, 0.29) is 0 Å². The Bertz CT molecular complexity index is 500. The van der Waals surface area contributed by atoms with Crippen molar-refractivity contribution in [2.75, 3.05) is 0 Å². The van der Waals surface area contributed by atoms with E-state index in [4.69, 9.17) is 0 Å². The van der Waals surface area contributed by atoms with E-state index in [1.165, 1.54) is 16.5 Å². The van der Waals surface area contributed by atoms with Gasteiger partial charge in [0.2, 0.25) is 0 Å². The van der Waals surface area contributed by atoms with Crippen LogP contribution < -0.4 is 4.57 Å². The monoisotopic (exact) mass is 212 g/mol. The van der Waals surface area contributed by atoms with Gasteiger partial charge < -0.3 is 0 Å². The largest absolute Gasteiger partial charge is 0.202 e. The number of hydrogen-bond donors (Lipinski definition) is 0. The second-order valence-corrected chi connectivity index (χ2v) is 4.17. The first-order chi connectivity index (χ1) is 7.81. The Morgan fingerprint density at radius 3 is 2.75 bits per heavy atom. The molecule has 16 heavy (non-hydrogen) atoms. The van der Waals surface area contributed by atoms with Gasteiger partial charge >= 0.3 is 0 Å². The van der Waals surface area contributed by atoms with Crippen molar-refractivity contribution in [2.45, 2.75) is 26.3 Å². The van der Waals surface area contributed by atoms with Gasteiger partial charge in [0.1, 0.15) is 6.54 Å². The van der Waals surface area contributed by atoms with Crippen molar-refractivity contribution in [2.24, 2.45) is 0 Å². The number of aromatic nitrogens is 1. The van der Waals surface area contributed by atoms with Gasteiger partial charge in [0.25, 0.3) is 0 Å². The molecule has 0 fully saturated rings. The molecule has 1 heterocycles. The van der Waals surface area contributed by atoms with Gasteiger partial charge in [-0.1, -0.05) is 24.3 Å². The predicted octanol–water partition coefficient (Wildman–Crippen LogP) is 3.40. The number of unbranched alkanes of at least 4 members (excludes halogenated alkanes) is 1. The van der Waals surface area contributed by atoms with Gasteiger partial charge in [-0.15, -0.1) is 6.58 Å². The van der Waals surface area contributed by atoms with Crippen molar-refractivity contribution in [1.82, 2.24) is 0 Å². The van der Waals surface area contributed by atoms with E-state index in [2.05, 4.69) is 54.6 Å². The Morgan fingerprint density at radius 1 is 1.25 bits per heavy atom. The van der Waals surface area contributed by atoms with Crippen LogP contribution in [0.3, 0.4) is 0 Å². The lowest BCUT2D eigenvalue weighted by atomic mass is 10.1. The Kier molecular flexibility index (Phi) is 3.35. The Balaban J connectivity index is 2.30. The molecular weight excluding hydrogens is 194 g/mol. The van der Waals surface area contributed by atoms with Gasteiger partial charge in [0.05, 0.1) is 0 Å². The number of nitrogens with zero attached hydrogens (tertiary/aromatic N) is 1. The van der Waals surface area contributed by atoms with Crippen molar-refractivity contribution < 1.29 is 4.57 Å². The van der Waals surface area contributed by atoms with E-state index in [1.54, 1.807) is 0 Å². The van der Waals surface area contributed by atoms with E-state index in [0.717, 1.165) is 19.4 Å². The topological polar surface area (TPSA) is 3.88 Å². The van der Waals surface area contributed by atoms with E-state index >= 15 is 0 Å². The van der Waals surface area contributed by atoms with Gasteiger partial charge in [-0.25, -0.2) is 4.57 Å². The van der Waals surface area contributed by atoms with Crippen molar-refractivity contribution >= 4 is 10.8 Å². The van der Waals surface area contributed by atoms with Crippen LogP contribution in [0.4, 0.5) is 0 Å². The van der Waals surface area contributed by atoms with Crippen molar-refractivity contribution in [1.29, 1.82) is 0 Å². The van der Waals surface area contributed by atoms with E-state index in [1.807, 2.05) is 6.08 Å². The highest BCUT2D eigenvalue weighted by molar-refractivity contribution is 5.80. The molecule has 2 rings (SSSR count). The number of fused-ring (bicyclic) bond motifs is 1. The Labute approximate surface area is 97.0 Å². The fourth-order valence-electron chi connectivity index (χ4n) is 1.98. The summed E-state index contributed by atoms with van der Waals surface area (Å²) in [4.78, 5) is 0. The Morgan fingerprint density at radius 2 is 2.00 bits per heavy atom. The minimum atomic E-state index is 1.07. The molecule has 1 nitrogen and oxygen atoms in total. The smallest absolute Gasteiger partial charge is 0.178 e. The normalized spacial score (nSPS) is 10.6. The summed E-state index contributed by atoms with van der Waals surface area (Å²) in [5, 5.41) is 2.63. The first kappa shape index (κ1) is 10.9. The van der Waals surface area contributed by atoms with Gasteiger partial charge in [-0.05, 0) is 17.9 Å². The van der Waals surface area contributed by atoms with Crippen LogP contribution in [0.1, 0.15) is 18.5 Å². The van der Waals surface area contributed by atoms with Crippen LogP contribution in [-0.2, 0) is 6.54 Å². The maximum absolute atomic E-state index is 3.75. The zero-order chi connectivity index (χ0) is 11.4. The minimum Gasteiger partial charge on any atom is -0.202 e. The summed E-state index contributed by atoms with van der Waals surface area (Å²) in [6.07, 6.45) is 6.47. The first-order valence-corrected chi connectivity index (χ1v) is 5.81. The number of aryl methyl sites for hydroxylation is 2. The number of hydrogen-bond acceptors (Lipinski definition) is 0. The highest BCUT2D eigenvalue weighted by Crippen LogP contribution is 2.12. The summed E-state index contributed by atoms with van der Waals surface area (Å²) < 4.78 is 2.33. The SMILES string of the molecule is C=CCCC[n+]1cc2ccccc2cc1C. The summed E-state index contributed by atoms with van der Waals surface area (Å²) in [5.41, 5.74) is 1.32. The fourth-order valence-corrected chi connectivity index (χ4v) is 1.98. The molecule has 0 unspecified atom stereocenters. The minimum absolute atomic E-state index is 1.07. The molecular formula is C15H18N+. The van der Waals surface area contributed by atoms with Gasteiger partial charge in [0.15, 0.2) is 11.9 Å². The number of benzene rings is 1. The van der Waals surface area contributed by atoms with E-state index in [9.17, 15) is 0 Å². The third kappa shape index (κ3) is 2.30. The molecule has 0 aliphatic heterocycles. The molecule has 1 heteroatoms. The number of pyridine rings is 1. The van der Waals surface area contributed by atoms with Crippen molar-refractivity contribution in [3.8, 4) is 0 Å². The first-order valence-electron chi connectivity index (χ1n) is 5.81. The van der Waals surface area contributed by atoms with Crippen LogP contribution in [0.15, 0.2) is 49.2 Å². The molecule has 0 N–H and O–H groups in total. The second-order valence-electron chi connectivity index (χ2n) is 4.17. The van der Waals surface area contributed by atoms with Crippen LogP contribution in [-0.4, -0.2) is 0 Å². The second kappa shape index (κ2) is 4.93. The van der Waals surface area contributed by atoms with Gasteiger partial charge in [-0.2, -0.15) is 0 Å². The zero-order valence-electron chi connectivity index (χ0n) is 9.82. The molecule has 0 aliphatic rings. The van der Waals surface area contributed by atoms with E-state index < -0.39 is 0 Å². The molecule has 0 spiro atoms. The highest BCUT2D eigenvalue weighted by atomic mass is 14.9. The molecule has 1 aromatic carbocycles. The predicted molar refractivity (Wildman–Crippen MR) is 68.3 cm³/mol. The molecule has 0 atom stereocenters.